The molecule has 0 aliphatic carbocycles. The van der Waals surface area contributed by atoms with Gasteiger partial charge in [-0.3, -0.25) is 14.9 Å². The summed E-state index contributed by atoms with van der Waals surface area (Å²) in [5.74, 6) is -0.755. The van der Waals surface area contributed by atoms with Crippen LogP contribution in [-0.2, 0) is 11.0 Å². The number of carbonyl (C=O) groups is 1. The van der Waals surface area contributed by atoms with E-state index in [4.69, 9.17) is 0 Å². The standard InChI is InChI=1S/C17H11F3N4O3S/c18-17(19,20)10-5-6-13(14(7-10)24(26)27)23-15(25)8-28-16-11-3-1-2-4-12(11)21-9-22-16/h1-7,9H,8H2,(H,23,25). The lowest BCUT2D eigenvalue weighted by molar-refractivity contribution is -0.384. The number of hydrogen-bond donors (Lipinski definition) is 1. The number of anilines is 1. The molecule has 0 unspecified atom stereocenters. The summed E-state index contributed by atoms with van der Waals surface area (Å²) < 4.78 is 38.2. The third-order valence-corrected chi connectivity index (χ3v) is 4.65. The molecule has 0 saturated heterocycles. The van der Waals surface area contributed by atoms with Gasteiger partial charge in [0.15, 0.2) is 0 Å². The van der Waals surface area contributed by atoms with Crippen LogP contribution in [0.5, 0.6) is 0 Å². The summed E-state index contributed by atoms with van der Waals surface area (Å²) in [4.78, 5) is 30.5. The van der Waals surface area contributed by atoms with Crippen LogP contribution in [0.3, 0.4) is 0 Å². The molecule has 11 heteroatoms. The third kappa shape index (κ3) is 4.36. The van der Waals surface area contributed by atoms with Gasteiger partial charge in [0.1, 0.15) is 17.0 Å². The van der Waals surface area contributed by atoms with E-state index in [0.29, 0.717) is 22.7 Å². The Balaban J connectivity index is 1.75. The predicted molar refractivity (Wildman–Crippen MR) is 97.0 cm³/mol. The van der Waals surface area contributed by atoms with Gasteiger partial charge < -0.3 is 5.32 Å². The summed E-state index contributed by atoms with van der Waals surface area (Å²) in [6.45, 7) is 0. The van der Waals surface area contributed by atoms with E-state index in [-0.39, 0.29) is 11.4 Å². The second-order valence-corrected chi connectivity index (χ2v) is 6.48. The maximum Gasteiger partial charge on any atom is 0.416 e. The van der Waals surface area contributed by atoms with Crippen molar-refractivity contribution in [1.29, 1.82) is 0 Å². The van der Waals surface area contributed by atoms with Gasteiger partial charge in [0.25, 0.3) is 5.69 Å². The molecule has 0 aliphatic heterocycles. The van der Waals surface area contributed by atoms with E-state index in [1.807, 2.05) is 0 Å². The Labute approximate surface area is 160 Å². The lowest BCUT2D eigenvalue weighted by Crippen LogP contribution is -2.16. The number of para-hydroxylation sites is 1. The number of aromatic nitrogens is 2. The van der Waals surface area contributed by atoms with Crippen molar-refractivity contribution in [2.75, 3.05) is 11.1 Å². The highest BCUT2D eigenvalue weighted by atomic mass is 32.2. The number of thioether (sulfide) groups is 1. The average Bonchev–Trinajstić information content (AvgIpc) is 2.65. The van der Waals surface area contributed by atoms with Gasteiger partial charge >= 0.3 is 6.18 Å². The number of nitrogens with one attached hydrogen (secondary N) is 1. The van der Waals surface area contributed by atoms with Crippen LogP contribution in [0.25, 0.3) is 10.9 Å². The lowest BCUT2D eigenvalue weighted by Gasteiger charge is -2.10. The Morgan fingerprint density at radius 3 is 2.64 bits per heavy atom. The van der Waals surface area contributed by atoms with Crippen molar-refractivity contribution in [3.05, 3.63) is 64.5 Å². The number of nitrogens with zero attached hydrogens (tertiary/aromatic N) is 3. The molecular formula is C17H11F3N4O3S. The molecule has 0 spiro atoms. The Bertz CT molecular complexity index is 1050. The monoisotopic (exact) mass is 408 g/mol. The van der Waals surface area contributed by atoms with Crippen molar-refractivity contribution in [2.45, 2.75) is 11.2 Å². The topological polar surface area (TPSA) is 98.0 Å². The fourth-order valence-corrected chi connectivity index (χ4v) is 3.17. The molecule has 3 rings (SSSR count). The number of benzene rings is 2. The molecule has 144 valence electrons. The predicted octanol–water partition coefficient (Wildman–Crippen LogP) is 4.29. The van der Waals surface area contributed by atoms with Crippen LogP contribution >= 0.6 is 11.8 Å². The van der Waals surface area contributed by atoms with Gasteiger partial charge in [-0.25, -0.2) is 9.97 Å². The molecule has 0 atom stereocenters. The fourth-order valence-electron chi connectivity index (χ4n) is 2.38. The molecule has 28 heavy (non-hydrogen) atoms. The van der Waals surface area contributed by atoms with Crippen molar-refractivity contribution >= 4 is 39.9 Å². The van der Waals surface area contributed by atoms with Crippen LogP contribution in [0.4, 0.5) is 24.5 Å². The van der Waals surface area contributed by atoms with Crippen LogP contribution in [0, 0.1) is 10.1 Å². The van der Waals surface area contributed by atoms with Gasteiger partial charge in [0.05, 0.1) is 21.8 Å². The number of amides is 1. The van der Waals surface area contributed by atoms with E-state index in [1.54, 1.807) is 24.3 Å². The minimum Gasteiger partial charge on any atom is -0.320 e. The molecule has 1 N–H and O–H groups in total. The Hall–Kier alpha value is -3.21. The Morgan fingerprint density at radius 1 is 1.18 bits per heavy atom. The summed E-state index contributed by atoms with van der Waals surface area (Å²) in [7, 11) is 0. The van der Waals surface area contributed by atoms with E-state index in [2.05, 4.69) is 15.3 Å². The summed E-state index contributed by atoms with van der Waals surface area (Å²) in [6, 6.07) is 9.10. The number of carbonyl (C=O) groups excluding carboxylic acids is 1. The van der Waals surface area contributed by atoms with Crippen molar-refractivity contribution in [3.63, 3.8) is 0 Å². The molecule has 0 saturated carbocycles. The van der Waals surface area contributed by atoms with Crippen molar-refractivity contribution in [3.8, 4) is 0 Å². The van der Waals surface area contributed by atoms with Crippen molar-refractivity contribution in [1.82, 2.24) is 9.97 Å². The molecular weight excluding hydrogens is 397 g/mol. The molecule has 7 nitrogen and oxygen atoms in total. The average molecular weight is 408 g/mol. The van der Waals surface area contributed by atoms with Gasteiger partial charge in [0, 0.05) is 11.5 Å². The van der Waals surface area contributed by atoms with Crippen molar-refractivity contribution < 1.29 is 22.9 Å². The molecule has 0 bridgehead atoms. The van der Waals surface area contributed by atoms with Gasteiger partial charge in [-0.05, 0) is 18.2 Å². The van der Waals surface area contributed by atoms with Crippen LogP contribution in [0.1, 0.15) is 5.56 Å². The SMILES string of the molecule is O=C(CSc1ncnc2ccccc12)Nc1ccc(C(F)(F)F)cc1[N+](=O)[O-]. The first-order chi connectivity index (χ1) is 13.3. The van der Waals surface area contributed by atoms with Gasteiger partial charge in [-0.15, -0.1) is 0 Å². The summed E-state index contributed by atoms with van der Waals surface area (Å²) >= 11 is 1.09. The van der Waals surface area contributed by atoms with Gasteiger partial charge in [0.2, 0.25) is 5.91 Å². The number of hydrogen-bond acceptors (Lipinski definition) is 6. The first kappa shape index (κ1) is 19.5. The first-order valence-corrected chi connectivity index (χ1v) is 8.72. The summed E-state index contributed by atoms with van der Waals surface area (Å²) in [5, 5.41) is 14.6. The first-order valence-electron chi connectivity index (χ1n) is 7.74. The Morgan fingerprint density at radius 2 is 1.93 bits per heavy atom. The zero-order valence-electron chi connectivity index (χ0n) is 13.9. The molecule has 0 radical (unpaired) electrons. The number of nitro groups is 1. The highest BCUT2D eigenvalue weighted by Gasteiger charge is 2.33. The molecule has 3 aromatic rings. The molecule has 0 fully saturated rings. The number of rotatable bonds is 5. The zero-order chi connectivity index (χ0) is 20.3. The maximum absolute atomic E-state index is 12.7. The van der Waals surface area contributed by atoms with Gasteiger partial charge in [-0.1, -0.05) is 30.0 Å². The van der Waals surface area contributed by atoms with Crippen LogP contribution in [0.2, 0.25) is 0 Å². The van der Waals surface area contributed by atoms with E-state index in [1.165, 1.54) is 6.33 Å². The Kier molecular flexibility index (Phi) is 5.45. The molecule has 0 aliphatic rings. The number of nitro benzene ring substituents is 1. The lowest BCUT2D eigenvalue weighted by atomic mass is 10.1. The van der Waals surface area contributed by atoms with Crippen molar-refractivity contribution in [2.24, 2.45) is 0 Å². The third-order valence-electron chi connectivity index (χ3n) is 3.64. The van der Waals surface area contributed by atoms with E-state index in [9.17, 15) is 28.1 Å². The maximum atomic E-state index is 12.7. The highest BCUT2D eigenvalue weighted by Crippen LogP contribution is 2.35. The van der Waals surface area contributed by atoms with Crippen LogP contribution in [0.15, 0.2) is 53.8 Å². The van der Waals surface area contributed by atoms with E-state index >= 15 is 0 Å². The zero-order valence-corrected chi connectivity index (χ0v) is 14.8. The number of alkyl halides is 3. The highest BCUT2D eigenvalue weighted by molar-refractivity contribution is 8.00. The minimum atomic E-state index is -4.72. The smallest absolute Gasteiger partial charge is 0.320 e. The molecule has 1 amide bonds. The molecule has 1 heterocycles. The minimum absolute atomic E-state index is 0.140. The largest absolute Gasteiger partial charge is 0.416 e. The second-order valence-electron chi connectivity index (χ2n) is 5.52. The molecule has 2 aromatic carbocycles. The van der Waals surface area contributed by atoms with E-state index in [0.717, 1.165) is 23.2 Å². The van der Waals surface area contributed by atoms with Crippen LogP contribution in [-0.4, -0.2) is 26.6 Å². The summed E-state index contributed by atoms with van der Waals surface area (Å²) in [6.07, 6.45) is -3.37. The quantitative estimate of drug-likeness (QED) is 0.293. The number of halogens is 3. The molecule has 1 aromatic heterocycles. The number of fused-ring (bicyclic) bond motifs is 1. The second kappa shape index (κ2) is 7.80. The van der Waals surface area contributed by atoms with Crippen LogP contribution < -0.4 is 5.32 Å². The fraction of sp³-hybridized carbons (Fsp3) is 0.118. The van der Waals surface area contributed by atoms with Gasteiger partial charge in [-0.2, -0.15) is 13.2 Å². The normalized spacial score (nSPS) is 11.4. The van der Waals surface area contributed by atoms with E-state index < -0.39 is 28.3 Å². The summed E-state index contributed by atoms with van der Waals surface area (Å²) in [5.41, 5.74) is -1.62.